The number of nitrogens with zero attached hydrogens (tertiary/aromatic N) is 1. The number of rotatable bonds is 7. The van der Waals surface area contributed by atoms with Crippen molar-refractivity contribution >= 4 is 19.2 Å². The molecule has 11 heteroatoms. The fourth-order valence-electron chi connectivity index (χ4n) is 3.60. The van der Waals surface area contributed by atoms with E-state index >= 15 is 0 Å². The number of ether oxygens (including phenoxy) is 1. The number of hydrogen-bond acceptors (Lipinski definition) is 7. The van der Waals surface area contributed by atoms with Crippen LogP contribution in [0.25, 0.3) is 0 Å². The molecule has 0 saturated carbocycles. The van der Waals surface area contributed by atoms with E-state index in [1.165, 1.54) is 6.92 Å². The Morgan fingerprint density at radius 1 is 1.29 bits per heavy atom. The average molecular weight is 412 g/mol. The minimum Gasteiger partial charge on any atom is -0.506 e. The van der Waals surface area contributed by atoms with E-state index in [1.54, 1.807) is 20.8 Å². The van der Waals surface area contributed by atoms with E-state index in [-0.39, 0.29) is 40.1 Å². The predicted molar refractivity (Wildman–Crippen MR) is 97.5 cm³/mol. The van der Waals surface area contributed by atoms with E-state index in [0.717, 1.165) is 0 Å². The molecular formula is C17H21N2O8P. The van der Waals surface area contributed by atoms with Crippen LogP contribution in [0.15, 0.2) is 33.0 Å². The van der Waals surface area contributed by atoms with E-state index in [9.17, 15) is 34.5 Å². The summed E-state index contributed by atoms with van der Waals surface area (Å²) in [4.78, 5) is 34.2. The van der Waals surface area contributed by atoms with Crippen molar-refractivity contribution in [3.8, 4) is 0 Å². The van der Waals surface area contributed by atoms with E-state index < -0.39 is 47.4 Å². The molecule has 0 bridgehead atoms. The van der Waals surface area contributed by atoms with Gasteiger partial charge in [0, 0.05) is 23.3 Å². The van der Waals surface area contributed by atoms with Gasteiger partial charge in [0.15, 0.2) is 7.14 Å². The molecule has 28 heavy (non-hydrogen) atoms. The van der Waals surface area contributed by atoms with Crippen LogP contribution >= 0.6 is 7.14 Å². The lowest BCUT2D eigenvalue weighted by Crippen LogP contribution is -2.41. The summed E-state index contributed by atoms with van der Waals surface area (Å²) in [5, 5.41) is 33.5. The molecule has 0 spiro atoms. The molecule has 10 nitrogen and oxygen atoms in total. The maximum Gasteiger partial charge on any atom is 0.407 e. The molecule has 3 N–H and O–H groups in total. The number of hydrogen-bond donors (Lipinski definition) is 3. The van der Waals surface area contributed by atoms with Crippen LogP contribution in [-0.4, -0.2) is 38.8 Å². The van der Waals surface area contributed by atoms with Gasteiger partial charge in [0.05, 0.1) is 16.2 Å². The highest BCUT2D eigenvalue weighted by Crippen LogP contribution is 2.97. The van der Waals surface area contributed by atoms with Crippen LogP contribution in [0, 0.1) is 16.0 Å². The van der Waals surface area contributed by atoms with E-state index in [1.807, 2.05) is 0 Å². The molecule has 3 atom stereocenters. The van der Waals surface area contributed by atoms with Gasteiger partial charge in [-0.05, 0) is 27.2 Å². The molecule has 0 fully saturated rings. The average Bonchev–Trinajstić information content (AvgIpc) is 3.00. The highest BCUT2D eigenvalue weighted by atomic mass is 31.2. The number of nitro groups is 1. The molecule has 0 aliphatic carbocycles. The number of aliphatic hydroxyl groups excluding tert-OH is 1. The highest BCUT2D eigenvalue weighted by Gasteiger charge is 2.74. The predicted octanol–water partition coefficient (Wildman–Crippen LogP) is 3.30. The molecule has 0 radical (unpaired) electrons. The topological polar surface area (TPSA) is 156 Å². The Bertz CT molecular complexity index is 953. The number of nitrogens with one attached hydrogen (secondary N) is 1. The Morgan fingerprint density at radius 2 is 1.89 bits per heavy atom. The molecule has 3 aliphatic rings. The number of carboxylic acids is 1. The van der Waals surface area contributed by atoms with Crippen molar-refractivity contribution in [3.63, 3.8) is 0 Å². The van der Waals surface area contributed by atoms with Crippen molar-refractivity contribution in [2.45, 2.75) is 52.2 Å². The summed E-state index contributed by atoms with van der Waals surface area (Å²) in [5.74, 6) is -2.19. The summed E-state index contributed by atoms with van der Waals surface area (Å²) in [7, 11) is -3.08. The molecule has 152 valence electrons. The fourth-order valence-corrected chi connectivity index (χ4v) is 6.77. The molecule has 3 aliphatic heterocycles. The first kappa shape index (κ1) is 20.1. The molecular weight excluding hydrogens is 391 g/mol. The third-order valence-corrected chi connectivity index (χ3v) is 7.80. The number of carbonyl (C=O) groups is 2. The SMILES string of the molecule is C[C@H](C[C@H](CC1=C([N+](=O)[O-])C2=C(O)C3=C1P23=O)NC(=O)OC(C)(C)C)C(=O)O. The van der Waals surface area contributed by atoms with Crippen molar-refractivity contribution < 1.29 is 34.0 Å². The Balaban J connectivity index is 1.85. The van der Waals surface area contributed by atoms with Crippen LogP contribution in [-0.2, 0) is 14.1 Å². The van der Waals surface area contributed by atoms with Crippen molar-refractivity contribution in [1.29, 1.82) is 0 Å². The van der Waals surface area contributed by atoms with Gasteiger partial charge < -0.3 is 24.8 Å². The summed E-state index contributed by atoms with van der Waals surface area (Å²) >= 11 is 0. The number of alkyl carbamates (subject to hydrolysis) is 1. The fraction of sp³-hybridized carbons (Fsp3) is 0.529. The van der Waals surface area contributed by atoms with E-state index in [0.29, 0.717) is 0 Å². The van der Waals surface area contributed by atoms with Gasteiger partial charge in [-0.3, -0.25) is 14.9 Å². The van der Waals surface area contributed by atoms with Crippen LogP contribution in [0.3, 0.4) is 0 Å². The van der Waals surface area contributed by atoms with Crippen molar-refractivity contribution in [1.82, 2.24) is 5.32 Å². The number of aliphatic hydroxyl groups is 1. The zero-order chi connectivity index (χ0) is 21.2. The van der Waals surface area contributed by atoms with Crippen LogP contribution in [0.2, 0.25) is 0 Å². The first-order valence-electron chi connectivity index (χ1n) is 8.69. The lowest BCUT2D eigenvalue weighted by atomic mass is 9.93. The lowest BCUT2D eigenvalue weighted by molar-refractivity contribution is -0.421. The normalized spacial score (nSPS) is 24.4. The standard InChI is InChI=1S/C17H21N2O8P/c1-7(15(21)22)5-8(18-16(23)27-17(2,3)4)6-9-10(19(24)25)13-11(20)14-12(9)28(13,14)26/h7-8,20H,5-6H2,1-4H3,(H,18,23)(H,21,22)/t7-,8-,28?/m1/s1. The minimum absolute atomic E-state index is 0.00101. The Hall–Kier alpha value is -2.61. The van der Waals surface area contributed by atoms with Crippen molar-refractivity contribution in [2.75, 3.05) is 0 Å². The number of allylic oxidation sites excluding steroid dienone is 3. The van der Waals surface area contributed by atoms with E-state index in [2.05, 4.69) is 5.32 Å². The van der Waals surface area contributed by atoms with E-state index in [4.69, 9.17) is 4.74 Å². The Labute approximate surface area is 160 Å². The highest BCUT2D eigenvalue weighted by molar-refractivity contribution is 7.86. The summed E-state index contributed by atoms with van der Waals surface area (Å²) < 4.78 is 17.9. The van der Waals surface area contributed by atoms with Gasteiger partial charge in [-0.1, -0.05) is 6.92 Å². The van der Waals surface area contributed by atoms with Gasteiger partial charge >= 0.3 is 12.1 Å². The van der Waals surface area contributed by atoms with Crippen LogP contribution in [0.5, 0.6) is 0 Å². The first-order chi connectivity index (χ1) is 12.8. The van der Waals surface area contributed by atoms with Crippen LogP contribution < -0.4 is 5.32 Å². The number of amides is 1. The molecule has 0 aromatic heterocycles. The molecule has 3 rings (SSSR count). The molecule has 0 aromatic rings. The second kappa shape index (κ2) is 6.20. The molecule has 0 aromatic carbocycles. The Kier molecular flexibility index (Phi) is 4.46. The lowest BCUT2D eigenvalue weighted by Gasteiger charge is -2.25. The Morgan fingerprint density at radius 3 is 2.39 bits per heavy atom. The van der Waals surface area contributed by atoms with Crippen LogP contribution in [0.1, 0.15) is 40.5 Å². The second-order valence-electron chi connectivity index (χ2n) is 8.11. The quantitative estimate of drug-likeness (QED) is 0.327. The summed E-state index contributed by atoms with van der Waals surface area (Å²) in [5.41, 5.74) is -0.986. The molecule has 0 saturated heterocycles. The third-order valence-electron chi connectivity index (χ3n) is 4.78. The summed E-state index contributed by atoms with van der Waals surface area (Å²) in [6, 6.07) is -0.784. The maximum absolute atomic E-state index is 12.7. The van der Waals surface area contributed by atoms with Gasteiger partial charge in [-0.2, -0.15) is 0 Å². The maximum atomic E-state index is 12.7. The zero-order valence-electron chi connectivity index (χ0n) is 15.8. The van der Waals surface area contributed by atoms with Gasteiger partial charge in [0.1, 0.15) is 16.7 Å². The largest absolute Gasteiger partial charge is 0.506 e. The van der Waals surface area contributed by atoms with Crippen molar-refractivity contribution in [2.24, 2.45) is 5.92 Å². The monoisotopic (exact) mass is 412 g/mol. The number of aliphatic carboxylic acids is 1. The smallest absolute Gasteiger partial charge is 0.407 e. The summed E-state index contributed by atoms with van der Waals surface area (Å²) in [6.45, 7) is 6.46. The van der Waals surface area contributed by atoms with Gasteiger partial charge in [-0.25, -0.2) is 4.79 Å². The third kappa shape index (κ3) is 3.01. The second-order valence-corrected chi connectivity index (χ2v) is 10.7. The number of carbonyl (C=O) groups excluding carboxylic acids is 1. The van der Waals surface area contributed by atoms with Gasteiger partial charge in [0.2, 0.25) is 0 Å². The van der Waals surface area contributed by atoms with Crippen molar-refractivity contribution in [3.05, 3.63) is 43.1 Å². The minimum atomic E-state index is -3.08. The van der Waals surface area contributed by atoms with Gasteiger partial charge in [-0.15, -0.1) is 0 Å². The van der Waals surface area contributed by atoms with Crippen LogP contribution in [0.4, 0.5) is 4.79 Å². The molecule has 1 unspecified atom stereocenters. The molecule has 1 amide bonds. The van der Waals surface area contributed by atoms with Gasteiger partial charge in [0.25, 0.3) is 5.70 Å². The summed E-state index contributed by atoms with van der Waals surface area (Å²) in [6.07, 6.45) is -0.853. The number of carboxylic acid groups (broad SMARTS) is 1. The zero-order valence-corrected chi connectivity index (χ0v) is 16.7. The molecule has 3 heterocycles. The first-order valence-corrected chi connectivity index (χ1v) is 10.4.